The van der Waals surface area contributed by atoms with Crippen molar-refractivity contribution in [2.45, 2.75) is 55.6 Å². The van der Waals surface area contributed by atoms with Crippen molar-refractivity contribution in [3.63, 3.8) is 0 Å². The minimum atomic E-state index is -3.48. The summed E-state index contributed by atoms with van der Waals surface area (Å²) in [5.41, 5.74) is 6.64. The average molecular weight is 520 g/mol. The molecule has 3 unspecified atom stereocenters. The van der Waals surface area contributed by atoms with Crippen LogP contribution in [0.15, 0.2) is 51.9 Å². The van der Waals surface area contributed by atoms with Gasteiger partial charge in [-0.3, -0.25) is 4.72 Å². The number of carbonyl (C=O) groups excluding carboxylic acids is 1. The quantitative estimate of drug-likeness (QED) is 0.515. The van der Waals surface area contributed by atoms with Crippen molar-refractivity contribution in [3.8, 4) is 5.88 Å². The first kappa shape index (κ1) is 22.8. The molecule has 9 nitrogen and oxygen atoms in total. The van der Waals surface area contributed by atoms with Crippen LogP contribution in [-0.2, 0) is 40.5 Å². The van der Waals surface area contributed by atoms with Crippen LogP contribution in [0.3, 0.4) is 0 Å². The maximum Gasteiger partial charge on any atom is 0.355 e. The van der Waals surface area contributed by atoms with Gasteiger partial charge in [0, 0.05) is 18.5 Å². The predicted octanol–water partition coefficient (Wildman–Crippen LogP) is 4.52. The van der Waals surface area contributed by atoms with Gasteiger partial charge in [-0.2, -0.15) is 5.10 Å². The summed E-state index contributed by atoms with van der Waals surface area (Å²) in [5.74, 6) is 1.66. The molecule has 0 saturated heterocycles. The summed E-state index contributed by atoms with van der Waals surface area (Å²) in [6, 6.07) is 10.8. The predicted molar refractivity (Wildman–Crippen MR) is 139 cm³/mol. The molecule has 1 fully saturated rings. The Hall–Kier alpha value is -3.37. The number of aromatic nitrogens is 2. The number of methoxy groups -OCH3 is 1. The first-order valence-corrected chi connectivity index (χ1v) is 14.3. The fourth-order valence-corrected chi connectivity index (χ4v) is 7.63. The summed E-state index contributed by atoms with van der Waals surface area (Å²) in [5, 5.41) is 7.43. The van der Waals surface area contributed by atoms with Gasteiger partial charge in [0.15, 0.2) is 9.92 Å². The van der Waals surface area contributed by atoms with Crippen LogP contribution < -0.4 is 14.8 Å². The van der Waals surface area contributed by atoms with Gasteiger partial charge in [0.1, 0.15) is 17.6 Å². The van der Waals surface area contributed by atoms with E-state index in [4.69, 9.17) is 9.47 Å². The van der Waals surface area contributed by atoms with Gasteiger partial charge in [0.05, 0.1) is 12.7 Å². The van der Waals surface area contributed by atoms with Crippen LogP contribution in [0.5, 0.6) is 5.88 Å². The van der Waals surface area contributed by atoms with E-state index in [1.807, 2.05) is 18.2 Å². The van der Waals surface area contributed by atoms with E-state index in [1.54, 1.807) is 23.9 Å². The second kappa shape index (κ2) is 8.59. The van der Waals surface area contributed by atoms with Crippen molar-refractivity contribution in [1.29, 1.82) is 0 Å². The molecule has 2 heterocycles. The SMILES string of the molecule is CO[C@@H]1COc2c(S(=O)(=NC(=O)Nc3c4c(cc5c3CC3CC53)CCC4)Nc3ccccc3)cnn2C1. The van der Waals surface area contributed by atoms with Crippen molar-refractivity contribution < 1.29 is 18.5 Å². The van der Waals surface area contributed by atoms with Crippen molar-refractivity contribution in [2.24, 2.45) is 10.3 Å². The molecule has 2 N–H and O–H groups in total. The van der Waals surface area contributed by atoms with E-state index in [-0.39, 0.29) is 11.0 Å². The van der Waals surface area contributed by atoms with Crippen molar-refractivity contribution in [1.82, 2.24) is 9.78 Å². The molecule has 4 atom stereocenters. The van der Waals surface area contributed by atoms with Crippen LogP contribution >= 0.6 is 0 Å². The van der Waals surface area contributed by atoms with E-state index in [0.29, 0.717) is 36.6 Å². The number of carbonyl (C=O) groups is 1. The van der Waals surface area contributed by atoms with E-state index in [0.717, 1.165) is 31.4 Å². The normalized spacial score (nSPS) is 24.1. The number of para-hydroxylation sites is 1. The fourth-order valence-electron chi connectivity index (χ4n) is 6.05. The van der Waals surface area contributed by atoms with Gasteiger partial charge in [-0.1, -0.05) is 24.3 Å². The highest BCUT2D eigenvalue weighted by atomic mass is 32.2. The van der Waals surface area contributed by atoms with Gasteiger partial charge < -0.3 is 14.8 Å². The van der Waals surface area contributed by atoms with Gasteiger partial charge in [-0.25, -0.2) is 13.7 Å². The monoisotopic (exact) mass is 519 g/mol. The minimum absolute atomic E-state index is 0.160. The average Bonchev–Trinajstić information content (AvgIpc) is 3.23. The molecule has 0 bridgehead atoms. The van der Waals surface area contributed by atoms with Crippen LogP contribution in [0.4, 0.5) is 16.2 Å². The summed E-state index contributed by atoms with van der Waals surface area (Å²) in [6.07, 6.45) is 6.60. The molecule has 2 aromatic carbocycles. The molecule has 7 rings (SSSR count). The molecule has 192 valence electrons. The zero-order valence-corrected chi connectivity index (χ0v) is 21.4. The number of anilines is 2. The minimum Gasteiger partial charge on any atom is -0.474 e. The zero-order chi connectivity index (χ0) is 25.1. The van der Waals surface area contributed by atoms with Crippen LogP contribution in [0.1, 0.15) is 41.0 Å². The number of hydrogen-bond donors (Lipinski definition) is 2. The lowest BCUT2D eigenvalue weighted by Crippen LogP contribution is -2.32. The molecule has 4 aliphatic rings. The third-order valence-corrected chi connectivity index (χ3v) is 9.79. The molecule has 0 spiro atoms. The second-order valence-electron chi connectivity index (χ2n) is 10.3. The Morgan fingerprint density at radius 1 is 1.24 bits per heavy atom. The van der Waals surface area contributed by atoms with Crippen LogP contribution in [0.25, 0.3) is 0 Å². The largest absolute Gasteiger partial charge is 0.474 e. The fraction of sp³-hybridized carbons (Fsp3) is 0.407. The topological polar surface area (TPSA) is 107 Å². The number of fused-ring (bicyclic) bond motifs is 5. The number of ether oxygens (including phenoxy) is 2. The zero-order valence-electron chi connectivity index (χ0n) is 20.6. The highest BCUT2D eigenvalue weighted by Crippen LogP contribution is 2.59. The number of rotatable bonds is 5. The Morgan fingerprint density at radius 2 is 2.11 bits per heavy atom. The molecular weight excluding hydrogens is 490 g/mol. The maximum absolute atomic E-state index is 14.5. The maximum atomic E-state index is 14.5. The van der Waals surface area contributed by atoms with Gasteiger partial charge >= 0.3 is 6.03 Å². The number of nitrogens with zero attached hydrogens (tertiary/aromatic N) is 3. The van der Waals surface area contributed by atoms with Gasteiger partial charge in [0.2, 0.25) is 5.88 Å². The summed E-state index contributed by atoms with van der Waals surface area (Å²) in [4.78, 5) is 13.7. The van der Waals surface area contributed by atoms with E-state index >= 15 is 0 Å². The summed E-state index contributed by atoms with van der Waals surface area (Å²) >= 11 is 0. The number of nitrogens with one attached hydrogen (secondary N) is 2. The lowest BCUT2D eigenvalue weighted by Gasteiger charge is -2.24. The second-order valence-corrected chi connectivity index (χ2v) is 12.2. The van der Waals surface area contributed by atoms with Gasteiger partial charge in [0.25, 0.3) is 0 Å². The number of hydrogen-bond acceptors (Lipinski definition) is 5. The van der Waals surface area contributed by atoms with E-state index in [2.05, 4.69) is 25.6 Å². The highest BCUT2D eigenvalue weighted by Gasteiger charge is 2.47. The van der Waals surface area contributed by atoms with E-state index in [1.165, 1.54) is 34.9 Å². The molecule has 37 heavy (non-hydrogen) atoms. The lowest BCUT2D eigenvalue weighted by atomic mass is 9.96. The third-order valence-electron chi connectivity index (χ3n) is 7.98. The molecule has 10 heteroatoms. The molecule has 1 aromatic heterocycles. The van der Waals surface area contributed by atoms with Gasteiger partial charge in [-0.15, -0.1) is 4.36 Å². The Balaban J connectivity index is 1.28. The Kier molecular flexibility index (Phi) is 5.30. The first-order chi connectivity index (χ1) is 18.0. The Morgan fingerprint density at radius 3 is 2.95 bits per heavy atom. The summed E-state index contributed by atoms with van der Waals surface area (Å²) < 4.78 is 34.6. The molecule has 3 aliphatic carbocycles. The summed E-state index contributed by atoms with van der Waals surface area (Å²) in [7, 11) is -1.86. The van der Waals surface area contributed by atoms with Crippen LogP contribution in [0, 0.1) is 5.92 Å². The number of benzene rings is 2. The Labute approximate surface area is 215 Å². The molecule has 1 aliphatic heterocycles. The molecular formula is C27H29N5O4S. The molecule has 1 saturated carbocycles. The smallest absolute Gasteiger partial charge is 0.355 e. The molecule has 2 amide bonds. The first-order valence-electron chi connectivity index (χ1n) is 12.8. The molecule has 3 aromatic rings. The van der Waals surface area contributed by atoms with E-state index < -0.39 is 15.9 Å². The van der Waals surface area contributed by atoms with Crippen molar-refractivity contribution in [3.05, 3.63) is 64.8 Å². The lowest BCUT2D eigenvalue weighted by molar-refractivity contribution is 0.0165. The Bertz CT molecular complexity index is 1530. The van der Waals surface area contributed by atoms with E-state index in [9.17, 15) is 9.00 Å². The third kappa shape index (κ3) is 3.90. The number of urea groups is 1. The summed E-state index contributed by atoms with van der Waals surface area (Å²) in [6.45, 7) is 0.760. The van der Waals surface area contributed by atoms with Crippen molar-refractivity contribution >= 4 is 27.3 Å². The number of amides is 2. The standard InChI is InChI=1S/C27H29N5O4S/c1-35-19-14-32-26(36-15-19)24(13-28-32)37(34,30-18-7-3-2-4-8-18)31-27(33)29-25-20-9-5-6-16(20)10-22-21-11-17(21)12-23(22)25/h2-4,7-8,10,13,17,19,21H,5-6,9,11-12,14-15H2,1H3,(H2,29,30,31,33,34)/t17?,19-,21?,37?/m0/s1. The van der Waals surface area contributed by atoms with Crippen LogP contribution in [-0.4, -0.2) is 39.8 Å². The van der Waals surface area contributed by atoms with Crippen molar-refractivity contribution in [2.75, 3.05) is 23.8 Å². The molecule has 0 radical (unpaired) electrons. The highest BCUT2D eigenvalue weighted by molar-refractivity contribution is 7.95. The number of aryl methyl sites for hydroxylation is 1. The van der Waals surface area contributed by atoms with Gasteiger partial charge in [-0.05, 0) is 78.3 Å². The van der Waals surface area contributed by atoms with Crippen LogP contribution in [0.2, 0.25) is 0 Å².